The van der Waals surface area contributed by atoms with E-state index in [1.54, 1.807) is 0 Å². The van der Waals surface area contributed by atoms with E-state index in [-0.39, 0.29) is 85.6 Å². The fourth-order valence-corrected chi connectivity index (χ4v) is 16.7. The molecule has 0 bridgehead atoms. The number of nitrogens with one attached hydrogen (secondary N) is 2. The summed E-state index contributed by atoms with van der Waals surface area (Å²) in [5.74, 6) is -2.06. The number of carbonyl (C=O) groups is 4. The van der Waals surface area contributed by atoms with Gasteiger partial charge in [-0.2, -0.15) is 0 Å². The van der Waals surface area contributed by atoms with Crippen molar-refractivity contribution in [1.82, 2.24) is 10.6 Å². The molecule has 400 valence electrons. The van der Waals surface area contributed by atoms with Crippen LogP contribution < -0.4 is 10.6 Å². The zero-order chi connectivity index (χ0) is 52.0. The number of aliphatic hydroxyl groups is 3. The minimum Gasteiger partial charge on any atom is -0.462 e. The highest BCUT2D eigenvalue weighted by molar-refractivity contribution is 7.72. The molecule has 0 aromatic rings. The van der Waals surface area contributed by atoms with Crippen LogP contribution in [0.2, 0.25) is 0 Å². The monoisotopic (exact) mass is 1070 g/mol. The van der Waals surface area contributed by atoms with Crippen LogP contribution >= 0.6 is 30.8 Å². The van der Waals surface area contributed by atoms with Gasteiger partial charge in [-0.05, 0) is 118 Å². The van der Waals surface area contributed by atoms with Gasteiger partial charge in [-0.1, -0.05) is 46.5 Å². The van der Waals surface area contributed by atoms with Crippen LogP contribution in [-0.4, -0.2) is 114 Å². The molecular formula is C43H78N2O20P4. The fourth-order valence-electron chi connectivity index (χ4n) is 12.6. The van der Waals surface area contributed by atoms with Crippen LogP contribution in [0.4, 0.5) is 0 Å². The number of rotatable bonds is 26. The maximum atomic E-state index is 13.6. The van der Waals surface area contributed by atoms with E-state index in [0.717, 1.165) is 57.8 Å². The van der Waals surface area contributed by atoms with E-state index >= 15 is 0 Å². The summed E-state index contributed by atoms with van der Waals surface area (Å²) in [5, 5.41) is 30.3. The van der Waals surface area contributed by atoms with Crippen molar-refractivity contribution in [3.05, 3.63) is 0 Å². The Hall–Kier alpha value is -1.60. The summed E-state index contributed by atoms with van der Waals surface area (Å²) in [7, 11) is -20.7. The Morgan fingerprint density at radius 2 is 1.19 bits per heavy atom. The Bertz CT molecular complexity index is 1970. The SMILES string of the molecule is CCCCCC[C@](C)(O)[C@H]1CC[C@H]2[C@@H]3C[C@H](OC(=O)CCC(=O)NCCCC(O)(P(=O)(O)O)P(=O)(O)O)[C@H]4C[C@@H](OC(=O)CCC(=O)NCCCC(O)([PH](=O)O)P(=O)(O)O)CC[C@]4(C)[C@H]3CC[C@@]21C. The molecule has 0 heterocycles. The summed E-state index contributed by atoms with van der Waals surface area (Å²) in [4.78, 5) is 117. The van der Waals surface area contributed by atoms with Crippen LogP contribution in [0.25, 0.3) is 0 Å². The Morgan fingerprint density at radius 3 is 1.72 bits per heavy atom. The van der Waals surface area contributed by atoms with Gasteiger partial charge >= 0.3 is 34.7 Å². The first-order chi connectivity index (χ1) is 31.8. The van der Waals surface area contributed by atoms with Crippen LogP contribution in [-0.2, 0) is 46.9 Å². The summed E-state index contributed by atoms with van der Waals surface area (Å²) in [6.07, 6.45) is 5.73. The predicted octanol–water partition coefficient (Wildman–Crippen LogP) is 4.45. The van der Waals surface area contributed by atoms with Gasteiger partial charge in [0.2, 0.25) is 24.9 Å². The van der Waals surface area contributed by atoms with Crippen LogP contribution in [0.15, 0.2) is 0 Å². The Labute approximate surface area is 404 Å². The van der Waals surface area contributed by atoms with Crippen molar-refractivity contribution in [1.29, 1.82) is 0 Å². The molecule has 4 rings (SSSR count). The van der Waals surface area contributed by atoms with E-state index < -0.39 is 102 Å². The zero-order valence-corrected chi connectivity index (χ0v) is 43.9. The molecule has 26 heteroatoms. The molecule has 4 saturated carbocycles. The molecular weight excluding hydrogens is 988 g/mol. The smallest absolute Gasteiger partial charge is 0.369 e. The molecule has 4 aliphatic carbocycles. The van der Waals surface area contributed by atoms with E-state index in [9.17, 15) is 87.0 Å². The van der Waals surface area contributed by atoms with E-state index in [4.69, 9.17) is 9.47 Å². The normalized spacial score (nSPS) is 30.6. The Balaban J connectivity index is 1.42. The van der Waals surface area contributed by atoms with Gasteiger partial charge in [0.25, 0.3) is 5.08 Å². The maximum Gasteiger partial charge on any atom is 0.369 e. The topological polar surface area (TPSA) is 381 Å². The number of fused-ring (bicyclic) bond motifs is 5. The van der Waals surface area contributed by atoms with Gasteiger partial charge in [0, 0.05) is 38.3 Å². The van der Waals surface area contributed by atoms with Crippen molar-refractivity contribution in [2.24, 2.45) is 40.4 Å². The van der Waals surface area contributed by atoms with Crippen LogP contribution in [0.5, 0.6) is 0 Å². The van der Waals surface area contributed by atoms with E-state index in [1.165, 1.54) is 0 Å². The van der Waals surface area contributed by atoms with Gasteiger partial charge in [0.15, 0.2) is 0 Å². The van der Waals surface area contributed by atoms with E-state index in [2.05, 4.69) is 31.4 Å². The first kappa shape index (κ1) is 60.0. The summed E-state index contributed by atoms with van der Waals surface area (Å²) in [6, 6.07) is 0. The molecule has 69 heavy (non-hydrogen) atoms. The second kappa shape index (κ2) is 23.7. The molecule has 0 aliphatic heterocycles. The predicted molar refractivity (Wildman–Crippen MR) is 250 cm³/mol. The molecule has 0 spiro atoms. The molecule has 2 unspecified atom stereocenters. The van der Waals surface area contributed by atoms with Crippen LogP contribution in [0, 0.1) is 40.4 Å². The van der Waals surface area contributed by atoms with Gasteiger partial charge in [-0.25, -0.2) is 0 Å². The molecule has 2 amide bonds. The number of carbonyl (C=O) groups excluding carboxylic acids is 4. The zero-order valence-electron chi connectivity index (χ0n) is 40.2. The minimum absolute atomic E-state index is 0.0917. The molecule has 12 atom stereocenters. The van der Waals surface area contributed by atoms with E-state index in [0.29, 0.717) is 25.7 Å². The van der Waals surface area contributed by atoms with Crippen molar-refractivity contribution < 1.29 is 96.5 Å². The molecule has 0 aromatic heterocycles. The highest BCUT2D eigenvalue weighted by atomic mass is 31.2. The van der Waals surface area contributed by atoms with Crippen molar-refractivity contribution in [3.8, 4) is 0 Å². The fraction of sp³-hybridized carbons (Fsp3) is 0.907. The quantitative estimate of drug-likeness (QED) is 0.0323. The summed E-state index contributed by atoms with van der Waals surface area (Å²) >= 11 is 0. The van der Waals surface area contributed by atoms with Crippen LogP contribution in [0.1, 0.15) is 163 Å². The number of hydrogen-bond donors (Lipinski definition) is 12. The van der Waals surface area contributed by atoms with Gasteiger partial charge in [-0.15, -0.1) is 0 Å². The summed E-state index contributed by atoms with van der Waals surface area (Å²) < 4.78 is 58.6. The second-order valence-electron chi connectivity index (χ2n) is 20.9. The lowest BCUT2D eigenvalue weighted by Crippen LogP contribution is -2.60. The number of esters is 2. The van der Waals surface area contributed by atoms with Gasteiger partial charge in [0.05, 0.1) is 18.4 Å². The highest BCUT2D eigenvalue weighted by Gasteiger charge is 2.65. The summed E-state index contributed by atoms with van der Waals surface area (Å²) in [5.41, 5.74) is -1.33. The standard InChI is InChI=1S/C43H78N2O20P4/c1-5-6-7-8-19-41(4,50)34-12-11-30-29-27-33(65-38(49)16-14-36(47)45-25-10-21-43(52,68(58,59)60)69(61,62)63)32-26-28(17-22-39(32,2)31(29)18-23-40(30,34)3)64-37(48)15-13-35(46)44-24-9-20-42(51,66(53)54)67(55,56)57/h28-34,50-52,66H,5-27H2,1-4H3,(H,44,46)(H,45,47)(H,53,54)(H2,55,56,57)(H2,58,59,60)(H2,61,62,63)/t28-,29-,30-,31-,32+,33-,34-,39+,40-,41-,42?/m0/s1. The van der Waals surface area contributed by atoms with Crippen LogP contribution in [0.3, 0.4) is 0 Å². The number of hydrogen-bond acceptors (Lipinski definition) is 13. The molecule has 0 saturated heterocycles. The minimum atomic E-state index is -5.67. The molecule has 12 N–H and O–H groups in total. The summed E-state index contributed by atoms with van der Waals surface area (Å²) in [6.45, 7) is 8.14. The molecule has 4 aliphatic rings. The lowest BCUT2D eigenvalue weighted by Gasteiger charge is -2.63. The molecule has 22 nitrogen and oxygen atoms in total. The van der Waals surface area contributed by atoms with Gasteiger partial charge < -0.3 is 69.7 Å². The average Bonchev–Trinajstić information content (AvgIpc) is 3.61. The third-order valence-electron chi connectivity index (χ3n) is 16.4. The third kappa shape index (κ3) is 14.2. The van der Waals surface area contributed by atoms with Crippen molar-refractivity contribution in [3.63, 3.8) is 0 Å². The van der Waals surface area contributed by atoms with Crippen molar-refractivity contribution in [2.75, 3.05) is 13.1 Å². The lowest BCUT2D eigenvalue weighted by atomic mass is 9.43. The first-order valence-corrected chi connectivity index (χ1v) is 30.5. The van der Waals surface area contributed by atoms with Crippen molar-refractivity contribution >= 4 is 54.6 Å². The Morgan fingerprint density at radius 1 is 0.652 bits per heavy atom. The average molecular weight is 1070 g/mol. The number of ether oxygens (including phenoxy) is 2. The lowest BCUT2D eigenvalue weighted by molar-refractivity contribution is -0.201. The van der Waals surface area contributed by atoms with Gasteiger partial charge in [-0.3, -0.25) is 37.4 Å². The molecule has 0 aromatic carbocycles. The van der Waals surface area contributed by atoms with Crippen molar-refractivity contribution in [2.45, 2.75) is 191 Å². The largest absolute Gasteiger partial charge is 0.462 e. The number of unbranched alkanes of at least 4 members (excludes halogenated alkanes) is 3. The third-order valence-corrected chi connectivity index (χ3v) is 23.8. The van der Waals surface area contributed by atoms with Gasteiger partial charge in [0.1, 0.15) is 12.2 Å². The number of amides is 2. The highest BCUT2D eigenvalue weighted by Crippen LogP contribution is 2.71. The second-order valence-corrected chi connectivity index (χ2v) is 28.6. The maximum absolute atomic E-state index is 13.6. The molecule has 0 radical (unpaired) electrons. The Kier molecular flexibility index (Phi) is 20.6. The molecule has 4 fully saturated rings. The first-order valence-electron chi connectivity index (χ1n) is 24.3. The van der Waals surface area contributed by atoms with E-state index in [1.807, 2.05) is 6.92 Å².